The number of hydrogen-bond acceptors (Lipinski definition) is 4. The normalized spacial score (nSPS) is 10.7. The van der Waals surface area contributed by atoms with Crippen molar-refractivity contribution in [2.75, 3.05) is 13.7 Å². The molecule has 0 spiro atoms. The maximum Gasteiger partial charge on any atom is 0.163 e. The van der Waals surface area contributed by atoms with Crippen LogP contribution in [-0.4, -0.2) is 23.6 Å². The molecule has 1 aromatic carbocycles. The lowest BCUT2D eigenvalue weighted by Gasteiger charge is -2.13. The second-order valence-electron chi connectivity index (χ2n) is 5.29. The topological polar surface area (TPSA) is 61.0 Å². The third-order valence-corrected chi connectivity index (χ3v) is 3.65. The first kappa shape index (κ1) is 15.4. The van der Waals surface area contributed by atoms with E-state index in [0.29, 0.717) is 6.54 Å². The molecule has 4 nitrogen and oxygen atoms in total. The van der Waals surface area contributed by atoms with E-state index in [0.717, 1.165) is 46.9 Å². The van der Waals surface area contributed by atoms with Crippen LogP contribution >= 0.6 is 0 Å². The van der Waals surface area contributed by atoms with Gasteiger partial charge in [-0.1, -0.05) is 6.07 Å². The summed E-state index contributed by atoms with van der Waals surface area (Å²) < 4.78 is 5.46. The van der Waals surface area contributed by atoms with Gasteiger partial charge in [-0.2, -0.15) is 0 Å². The Morgan fingerprint density at radius 3 is 2.33 bits per heavy atom. The second-order valence-corrected chi connectivity index (χ2v) is 5.29. The quantitative estimate of drug-likeness (QED) is 0.917. The zero-order valence-corrected chi connectivity index (χ0v) is 13.2. The molecular formula is C17H23N3O. The maximum absolute atomic E-state index is 5.59. The van der Waals surface area contributed by atoms with Crippen molar-refractivity contribution < 1.29 is 4.74 Å². The van der Waals surface area contributed by atoms with Gasteiger partial charge < -0.3 is 10.5 Å². The van der Waals surface area contributed by atoms with Crippen molar-refractivity contribution in [3.8, 4) is 17.1 Å². The van der Waals surface area contributed by atoms with Crippen molar-refractivity contribution in [1.29, 1.82) is 0 Å². The van der Waals surface area contributed by atoms with Crippen molar-refractivity contribution in [1.82, 2.24) is 9.97 Å². The van der Waals surface area contributed by atoms with Gasteiger partial charge in [0.2, 0.25) is 0 Å². The number of aryl methyl sites for hydroxylation is 3. The number of hydrogen-bond donors (Lipinski definition) is 1. The van der Waals surface area contributed by atoms with Gasteiger partial charge in [-0.05, 0) is 63.4 Å². The van der Waals surface area contributed by atoms with E-state index in [2.05, 4.69) is 9.97 Å². The van der Waals surface area contributed by atoms with Crippen LogP contribution in [0.1, 0.15) is 28.9 Å². The number of methoxy groups -OCH3 is 1. The molecule has 21 heavy (non-hydrogen) atoms. The third-order valence-electron chi connectivity index (χ3n) is 3.65. The Hall–Kier alpha value is -1.94. The van der Waals surface area contributed by atoms with Crippen LogP contribution in [-0.2, 0) is 6.42 Å². The van der Waals surface area contributed by atoms with Gasteiger partial charge in [-0.3, -0.25) is 0 Å². The van der Waals surface area contributed by atoms with E-state index in [1.54, 1.807) is 7.11 Å². The molecule has 2 N–H and O–H groups in total. The number of benzene rings is 1. The fourth-order valence-corrected chi connectivity index (χ4v) is 2.48. The smallest absolute Gasteiger partial charge is 0.163 e. The molecule has 0 radical (unpaired) electrons. The lowest BCUT2D eigenvalue weighted by Crippen LogP contribution is -2.07. The van der Waals surface area contributed by atoms with E-state index < -0.39 is 0 Å². The van der Waals surface area contributed by atoms with Crippen molar-refractivity contribution in [2.45, 2.75) is 33.6 Å². The Morgan fingerprint density at radius 2 is 1.76 bits per heavy atom. The average molecular weight is 285 g/mol. The highest BCUT2D eigenvalue weighted by Crippen LogP contribution is 2.29. The van der Waals surface area contributed by atoms with Crippen molar-refractivity contribution in [2.24, 2.45) is 5.73 Å². The molecule has 2 rings (SSSR count). The Bertz CT molecular complexity index is 615. The van der Waals surface area contributed by atoms with Crippen LogP contribution < -0.4 is 10.5 Å². The highest BCUT2D eigenvalue weighted by Gasteiger charge is 2.13. The molecule has 0 aliphatic carbocycles. The first-order valence-electron chi connectivity index (χ1n) is 7.26. The summed E-state index contributed by atoms with van der Waals surface area (Å²) in [6, 6.07) is 6.07. The molecule has 0 aliphatic rings. The number of ether oxygens (including phenoxy) is 1. The largest absolute Gasteiger partial charge is 0.496 e. The Balaban J connectivity index is 2.46. The molecule has 0 unspecified atom stereocenters. The Morgan fingerprint density at radius 1 is 1.10 bits per heavy atom. The average Bonchev–Trinajstić information content (AvgIpc) is 2.46. The molecule has 2 aromatic rings. The molecule has 0 fully saturated rings. The van der Waals surface area contributed by atoms with Crippen LogP contribution in [0.25, 0.3) is 11.4 Å². The molecule has 0 saturated heterocycles. The van der Waals surface area contributed by atoms with Gasteiger partial charge in [0.15, 0.2) is 5.82 Å². The molecule has 0 atom stereocenters. The van der Waals surface area contributed by atoms with Gasteiger partial charge >= 0.3 is 0 Å². The third kappa shape index (κ3) is 3.39. The molecule has 0 amide bonds. The first-order chi connectivity index (χ1) is 10.1. The summed E-state index contributed by atoms with van der Waals surface area (Å²) in [6.07, 6.45) is 1.89. The summed E-state index contributed by atoms with van der Waals surface area (Å²) in [5.41, 5.74) is 10.9. The molecular weight excluding hydrogens is 262 g/mol. The summed E-state index contributed by atoms with van der Waals surface area (Å²) in [5, 5.41) is 0. The van der Waals surface area contributed by atoms with Crippen LogP contribution in [0.2, 0.25) is 0 Å². The number of nitrogens with zero attached hydrogens (tertiary/aromatic N) is 2. The SMILES string of the molecule is COc1cc(C)ccc1-c1nc(C)c(CCCN)c(C)n1. The Kier molecular flexibility index (Phi) is 4.91. The second kappa shape index (κ2) is 6.68. The zero-order valence-electron chi connectivity index (χ0n) is 13.2. The van der Waals surface area contributed by atoms with Gasteiger partial charge in [0.25, 0.3) is 0 Å². The fraction of sp³-hybridized carbons (Fsp3) is 0.412. The fourth-order valence-electron chi connectivity index (χ4n) is 2.48. The van der Waals surface area contributed by atoms with E-state index in [9.17, 15) is 0 Å². The Labute approximate surface area is 126 Å². The number of aromatic nitrogens is 2. The molecule has 1 heterocycles. The molecule has 112 valence electrons. The van der Waals surface area contributed by atoms with Crippen LogP contribution in [0.4, 0.5) is 0 Å². The minimum atomic E-state index is 0.687. The van der Waals surface area contributed by atoms with E-state index in [1.165, 1.54) is 5.56 Å². The maximum atomic E-state index is 5.59. The minimum absolute atomic E-state index is 0.687. The van der Waals surface area contributed by atoms with Gasteiger partial charge in [0.1, 0.15) is 5.75 Å². The number of nitrogens with two attached hydrogens (primary N) is 1. The predicted octanol–water partition coefficient (Wildman–Crippen LogP) is 2.97. The van der Waals surface area contributed by atoms with Crippen molar-refractivity contribution >= 4 is 0 Å². The van der Waals surface area contributed by atoms with Crippen LogP contribution in [0.15, 0.2) is 18.2 Å². The summed E-state index contributed by atoms with van der Waals surface area (Å²) >= 11 is 0. The standard InChI is InChI=1S/C17H23N3O/c1-11-7-8-15(16(10-11)21-4)17-19-12(2)14(6-5-9-18)13(3)20-17/h7-8,10H,5-6,9,18H2,1-4H3. The molecule has 0 aliphatic heterocycles. The first-order valence-corrected chi connectivity index (χ1v) is 7.26. The zero-order chi connectivity index (χ0) is 15.4. The van der Waals surface area contributed by atoms with E-state index in [1.807, 2.05) is 39.0 Å². The highest BCUT2D eigenvalue weighted by molar-refractivity contribution is 5.65. The molecule has 4 heteroatoms. The number of rotatable bonds is 5. The van der Waals surface area contributed by atoms with Crippen molar-refractivity contribution in [3.05, 3.63) is 40.7 Å². The highest BCUT2D eigenvalue weighted by atomic mass is 16.5. The van der Waals surface area contributed by atoms with Gasteiger partial charge in [0.05, 0.1) is 12.7 Å². The van der Waals surface area contributed by atoms with E-state index in [4.69, 9.17) is 10.5 Å². The summed E-state index contributed by atoms with van der Waals surface area (Å²) in [6.45, 7) is 6.79. The van der Waals surface area contributed by atoms with E-state index in [-0.39, 0.29) is 0 Å². The summed E-state index contributed by atoms with van der Waals surface area (Å²) in [4.78, 5) is 9.33. The van der Waals surface area contributed by atoms with E-state index >= 15 is 0 Å². The lowest BCUT2D eigenvalue weighted by molar-refractivity contribution is 0.416. The predicted molar refractivity (Wildman–Crippen MR) is 85.6 cm³/mol. The van der Waals surface area contributed by atoms with Crippen LogP contribution in [0.3, 0.4) is 0 Å². The molecule has 0 saturated carbocycles. The summed E-state index contributed by atoms with van der Waals surface area (Å²) in [7, 11) is 1.67. The lowest BCUT2D eigenvalue weighted by atomic mass is 10.1. The van der Waals surface area contributed by atoms with Crippen LogP contribution in [0, 0.1) is 20.8 Å². The van der Waals surface area contributed by atoms with Gasteiger partial charge in [-0.25, -0.2) is 9.97 Å². The molecule has 0 bridgehead atoms. The van der Waals surface area contributed by atoms with Gasteiger partial charge in [0, 0.05) is 11.4 Å². The minimum Gasteiger partial charge on any atom is -0.496 e. The monoisotopic (exact) mass is 285 g/mol. The van der Waals surface area contributed by atoms with Gasteiger partial charge in [-0.15, -0.1) is 0 Å². The van der Waals surface area contributed by atoms with Crippen molar-refractivity contribution in [3.63, 3.8) is 0 Å². The summed E-state index contributed by atoms with van der Waals surface area (Å²) in [5.74, 6) is 1.53. The molecule has 1 aromatic heterocycles. The van der Waals surface area contributed by atoms with Crippen LogP contribution in [0.5, 0.6) is 5.75 Å².